The second kappa shape index (κ2) is 7.06. The maximum atomic E-state index is 11.4. The summed E-state index contributed by atoms with van der Waals surface area (Å²) in [5.41, 5.74) is 0. The van der Waals surface area contributed by atoms with Crippen molar-refractivity contribution in [1.29, 1.82) is 0 Å². The molecule has 0 aromatic heterocycles. The molecule has 0 spiro atoms. The van der Waals surface area contributed by atoms with E-state index in [0.29, 0.717) is 18.1 Å². The highest BCUT2D eigenvalue weighted by molar-refractivity contribution is 14.1. The van der Waals surface area contributed by atoms with Gasteiger partial charge in [-0.05, 0) is 47.6 Å². The fraction of sp³-hybridized carbons (Fsp3) is 0.364. The van der Waals surface area contributed by atoms with Crippen molar-refractivity contribution in [1.82, 2.24) is 0 Å². The molecule has 4 heteroatoms. The Bertz CT molecular complexity index is 328. The van der Waals surface area contributed by atoms with E-state index in [1.807, 2.05) is 18.2 Å². The van der Waals surface area contributed by atoms with Gasteiger partial charge in [0.05, 0.1) is 3.57 Å². The first-order valence-corrected chi connectivity index (χ1v) is 6.36. The fourth-order valence-corrected chi connectivity index (χ4v) is 1.75. The zero-order chi connectivity index (χ0) is 11.1. The summed E-state index contributed by atoms with van der Waals surface area (Å²) in [7, 11) is 0. The molecule has 0 atom stereocenters. The molecule has 0 saturated carbocycles. The molecular weight excluding hydrogens is 326 g/mol. The molecule has 1 aromatic carbocycles. The number of ether oxygens (including phenoxy) is 1. The number of alkyl halides is 1. The smallest absolute Gasteiger partial charge is 0.311 e. The van der Waals surface area contributed by atoms with Gasteiger partial charge in [0.15, 0.2) is 0 Å². The molecule has 2 nitrogen and oxygen atoms in total. The number of esters is 1. The van der Waals surface area contributed by atoms with Gasteiger partial charge >= 0.3 is 5.97 Å². The van der Waals surface area contributed by atoms with Crippen molar-refractivity contribution in [2.75, 3.05) is 5.88 Å². The van der Waals surface area contributed by atoms with Crippen LogP contribution in [0.1, 0.15) is 19.3 Å². The summed E-state index contributed by atoms with van der Waals surface area (Å²) >= 11 is 7.66. The predicted molar refractivity (Wildman–Crippen MR) is 69.4 cm³/mol. The minimum Gasteiger partial charge on any atom is -0.425 e. The number of hydrogen-bond donors (Lipinski definition) is 0. The van der Waals surface area contributed by atoms with Gasteiger partial charge in [0.2, 0.25) is 0 Å². The van der Waals surface area contributed by atoms with Gasteiger partial charge in [-0.15, -0.1) is 11.6 Å². The largest absolute Gasteiger partial charge is 0.425 e. The van der Waals surface area contributed by atoms with Crippen LogP contribution in [0.2, 0.25) is 0 Å². The van der Waals surface area contributed by atoms with E-state index >= 15 is 0 Å². The Balaban J connectivity index is 2.41. The minimum atomic E-state index is -0.191. The van der Waals surface area contributed by atoms with E-state index < -0.39 is 0 Å². The quantitative estimate of drug-likeness (QED) is 0.269. The maximum Gasteiger partial charge on any atom is 0.311 e. The molecule has 0 radical (unpaired) electrons. The summed E-state index contributed by atoms with van der Waals surface area (Å²) < 4.78 is 6.15. The Morgan fingerprint density at radius 2 is 2.07 bits per heavy atom. The second-order valence-electron chi connectivity index (χ2n) is 3.05. The lowest BCUT2D eigenvalue weighted by molar-refractivity contribution is -0.134. The number of carbonyl (C=O) groups is 1. The van der Waals surface area contributed by atoms with Crippen molar-refractivity contribution in [2.45, 2.75) is 19.3 Å². The molecule has 0 aliphatic carbocycles. The second-order valence-corrected chi connectivity index (χ2v) is 4.59. The topological polar surface area (TPSA) is 26.3 Å². The average molecular weight is 339 g/mol. The van der Waals surface area contributed by atoms with Crippen LogP contribution >= 0.6 is 34.2 Å². The van der Waals surface area contributed by atoms with Crippen molar-refractivity contribution in [3.8, 4) is 5.75 Å². The van der Waals surface area contributed by atoms with Crippen molar-refractivity contribution < 1.29 is 9.53 Å². The van der Waals surface area contributed by atoms with Crippen molar-refractivity contribution in [3.63, 3.8) is 0 Å². The van der Waals surface area contributed by atoms with Crippen molar-refractivity contribution >= 4 is 40.2 Å². The first-order valence-electron chi connectivity index (χ1n) is 4.75. The molecule has 0 fully saturated rings. The van der Waals surface area contributed by atoms with Crippen LogP contribution in [-0.4, -0.2) is 11.8 Å². The van der Waals surface area contributed by atoms with E-state index in [9.17, 15) is 4.79 Å². The van der Waals surface area contributed by atoms with Gasteiger partial charge in [-0.1, -0.05) is 12.1 Å². The summed E-state index contributed by atoms with van der Waals surface area (Å²) in [6.45, 7) is 0. The number of para-hydroxylation sites is 1. The number of carbonyl (C=O) groups excluding carboxylic acids is 1. The summed E-state index contributed by atoms with van der Waals surface area (Å²) in [5.74, 6) is 1.04. The van der Waals surface area contributed by atoms with Crippen LogP contribution in [0, 0.1) is 3.57 Å². The molecule has 82 valence electrons. The zero-order valence-electron chi connectivity index (χ0n) is 8.21. The summed E-state index contributed by atoms with van der Waals surface area (Å²) in [6.07, 6.45) is 2.06. The third-order valence-corrected chi connectivity index (χ3v) is 2.98. The normalized spacial score (nSPS) is 10.0. The fourth-order valence-electron chi connectivity index (χ4n) is 1.07. The molecule has 0 heterocycles. The molecule has 0 N–H and O–H groups in total. The highest BCUT2D eigenvalue weighted by Crippen LogP contribution is 2.20. The first kappa shape index (κ1) is 12.8. The molecule has 0 unspecified atom stereocenters. The number of halogens is 2. The third kappa shape index (κ3) is 4.84. The lowest BCUT2D eigenvalue weighted by atomic mass is 10.2. The monoisotopic (exact) mass is 338 g/mol. The molecule has 0 saturated heterocycles. The highest BCUT2D eigenvalue weighted by Gasteiger charge is 2.06. The van der Waals surface area contributed by atoms with Crippen LogP contribution in [0.25, 0.3) is 0 Å². The molecule has 1 rings (SSSR count). The Labute approximate surface area is 108 Å². The van der Waals surface area contributed by atoms with Gasteiger partial charge in [0.1, 0.15) is 5.75 Å². The number of rotatable bonds is 5. The summed E-state index contributed by atoms with van der Waals surface area (Å²) in [5, 5.41) is 0. The molecule has 0 bridgehead atoms. The highest BCUT2D eigenvalue weighted by atomic mass is 127. The van der Waals surface area contributed by atoms with Gasteiger partial charge in [-0.3, -0.25) is 4.79 Å². The van der Waals surface area contributed by atoms with Gasteiger partial charge < -0.3 is 4.74 Å². The standard InChI is InChI=1S/C11H12ClIO2/c12-8-4-3-7-11(14)15-10-6-2-1-5-9(10)13/h1-2,5-6H,3-4,7-8H2. The molecular formula is C11H12ClIO2. The number of hydrogen-bond acceptors (Lipinski definition) is 2. The SMILES string of the molecule is O=C(CCCCCl)Oc1ccccc1I. The van der Waals surface area contributed by atoms with E-state index in [1.165, 1.54) is 0 Å². The first-order chi connectivity index (χ1) is 7.24. The van der Waals surface area contributed by atoms with Crippen LogP contribution in [0.5, 0.6) is 5.75 Å². The van der Waals surface area contributed by atoms with Crippen LogP contribution in [-0.2, 0) is 4.79 Å². The van der Waals surface area contributed by atoms with E-state index in [0.717, 1.165) is 16.4 Å². The van der Waals surface area contributed by atoms with Crippen LogP contribution in [0.4, 0.5) is 0 Å². The lowest BCUT2D eigenvalue weighted by Crippen LogP contribution is -2.08. The molecule has 1 aromatic rings. The molecule has 0 amide bonds. The third-order valence-electron chi connectivity index (χ3n) is 1.82. The zero-order valence-corrected chi connectivity index (χ0v) is 11.1. The minimum absolute atomic E-state index is 0.191. The van der Waals surface area contributed by atoms with E-state index in [-0.39, 0.29) is 5.97 Å². The summed E-state index contributed by atoms with van der Waals surface area (Å²) in [4.78, 5) is 11.4. The van der Waals surface area contributed by atoms with E-state index in [2.05, 4.69) is 22.6 Å². The molecule has 0 aliphatic heterocycles. The van der Waals surface area contributed by atoms with E-state index in [4.69, 9.17) is 16.3 Å². The van der Waals surface area contributed by atoms with Crippen molar-refractivity contribution in [2.24, 2.45) is 0 Å². The average Bonchev–Trinajstić information content (AvgIpc) is 2.22. The Morgan fingerprint density at radius 3 is 2.73 bits per heavy atom. The van der Waals surface area contributed by atoms with Crippen LogP contribution in [0.15, 0.2) is 24.3 Å². The Kier molecular flexibility index (Phi) is 6.02. The molecule has 0 aliphatic rings. The van der Waals surface area contributed by atoms with Crippen molar-refractivity contribution in [3.05, 3.63) is 27.8 Å². The number of unbranched alkanes of at least 4 members (excludes halogenated alkanes) is 1. The maximum absolute atomic E-state index is 11.4. The predicted octanol–water partition coefficient (Wildman–Crippen LogP) is 3.61. The van der Waals surface area contributed by atoms with Gasteiger partial charge in [0.25, 0.3) is 0 Å². The molecule has 15 heavy (non-hydrogen) atoms. The lowest BCUT2D eigenvalue weighted by Gasteiger charge is -2.05. The van der Waals surface area contributed by atoms with Crippen LogP contribution in [0.3, 0.4) is 0 Å². The number of benzene rings is 1. The van der Waals surface area contributed by atoms with Gasteiger partial charge in [-0.25, -0.2) is 0 Å². The van der Waals surface area contributed by atoms with Gasteiger partial charge in [-0.2, -0.15) is 0 Å². The van der Waals surface area contributed by atoms with Gasteiger partial charge in [0, 0.05) is 12.3 Å². The van der Waals surface area contributed by atoms with E-state index in [1.54, 1.807) is 6.07 Å². The Hall–Kier alpha value is -0.290. The summed E-state index contributed by atoms with van der Waals surface area (Å²) in [6, 6.07) is 7.46. The van der Waals surface area contributed by atoms with Crippen LogP contribution < -0.4 is 4.74 Å². The Morgan fingerprint density at radius 1 is 1.33 bits per heavy atom.